The predicted octanol–water partition coefficient (Wildman–Crippen LogP) is 1.76. The van der Waals surface area contributed by atoms with Crippen molar-refractivity contribution in [3.8, 4) is 0 Å². The highest BCUT2D eigenvalue weighted by Crippen LogP contribution is 2.20. The van der Waals surface area contributed by atoms with Crippen molar-refractivity contribution in [2.75, 3.05) is 11.2 Å². The Morgan fingerprint density at radius 1 is 1.35 bits per heavy atom. The van der Waals surface area contributed by atoms with Gasteiger partial charge in [-0.1, -0.05) is 6.07 Å². The Morgan fingerprint density at radius 2 is 2.12 bits per heavy atom. The van der Waals surface area contributed by atoms with E-state index in [0.29, 0.717) is 17.3 Å². The predicted molar refractivity (Wildman–Crippen MR) is 66.3 cm³/mol. The number of rotatable bonds is 4. The maximum Gasteiger partial charge on any atom is 0.251 e. The minimum Gasteiger partial charge on any atom is -0.349 e. The molecule has 1 aliphatic carbocycles. The fraction of sp³-hybridized carbons (Fsp3) is 0.333. The van der Waals surface area contributed by atoms with Gasteiger partial charge in [0.25, 0.3) is 5.91 Å². The van der Waals surface area contributed by atoms with Crippen LogP contribution in [0.15, 0.2) is 24.3 Å². The molecule has 1 aromatic rings. The van der Waals surface area contributed by atoms with E-state index in [1.807, 2.05) is 0 Å². The monoisotopic (exact) mass is 252 g/mol. The lowest BCUT2D eigenvalue weighted by molar-refractivity contribution is -0.113. The molecule has 0 aliphatic heterocycles. The average molecular weight is 253 g/mol. The molecular formula is C12H13ClN2O2. The second-order valence-electron chi connectivity index (χ2n) is 4.01. The van der Waals surface area contributed by atoms with Gasteiger partial charge in [0.2, 0.25) is 5.91 Å². The van der Waals surface area contributed by atoms with Gasteiger partial charge in [-0.05, 0) is 31.0 Å². The number of carbonyl (C=O) groups excluding carboxylic acids is 2. The first kappa shape index (κ1) is 11.9. The number of carbonyl (C=O) groups is 2. The van der Waals surface area contributed by atoms with Crippen LogP contribution >= 0.6 is 11.6 Å². The van der Waals surface area contributed by atoms with Gasteiger partial charge in [-0.2, -0.15) is 0 Å². The van der Waals surface area contributed by atoms with Crippen LogP contribution in [0.25, 0.3) is 0 Å². The van der Waals surface area contributed by atoms with Gasteiger partial charge >= 0.3 is 0 Å². The Morgan fingerprint density at radius 3 is 2.76 bits per heavy atom. The molecule has 0 spiro atoms. The van der Waals surface area contributed by atoms with Crippen LogP contribution in [0.2, 0.25) is 0 Å². The smallest absolute Gasteiger partial charge is 0.251 e. The van der Waals surface area contributed by atoms with Crippen LogP contribution < -0.4 is 10.6 Å². The first-order valence-corrected chi connectivity index (χ1v) is 5.99. The van der Waals surface area contributed by atoms with Gasteiger partial charge in [0.15, 0.2) is 0 Å². The van der Waals surface area contributed by atoms with Gasteiger partial charge in [-0.15, -0.1) is 11.6 Å². The van der Waals surface area contributed by atoms with Crippen molar-refractivity contribution in [3.63, 3.8) is 0 Å². The molecule has 1 fully saturated rings. The summed E-state index contributed by atoms with van der Waals surface area (Å²) in [4.78, 5) is 22.9. The Labute approximate surface area is 104 Å². The molecule has 0 unspecified atom stereocenters. The van der Waals surface area contributed by atoms with Gasteiger partial charge in [0, 0.05) is 17.3 Å². The highest BCUT2D eigenvalue weighted by molar-refractivity contribution is 6.29. The van der Waals surface area contributed by atoms with E-state index in [1.54, 1.807) is 24.3 Å². The summed E-state index contributed by atoms with van der Waals surface area (Å²) in [7, 11) is 0. The zero-order chi connectivity index (χ0) is 12.3. The van der Waals surface area contributed by atoms with Gasteiger partial charge in [0.05, 0.1) is 0 Å². The van der Waals surface area contributed by atoms with Gasteiger partial charge < -0.3 is 10.6 Å². The van der Waals surface area contributed by atoms with Gasteiger partial charge in [-0.3, -0.25) is 9.59 Å². The van der Waals surface area contributed by atoms with E-state index >= 15 is 0 Å². The summed E-state index contributed by atoms with van der Waals surface area (Å²) in [6.07, 6.45) is 2.10. The summed E-state index contributed by atoms with van der Waals surface area (Å²) in [5.41, 5.74) is 1.13. The second-order valence-corrected chi connectivity index (χ2v) is 4.28. The normalized spacial score (nSPS) is 14.2. The van der Waals surface area contributed by atoms with E-state index in [1.165, 1.54) is 0 Å². The molecule has 0 saturated heterocycles. The summed E-state index contributed by atoms with van der Waals surface area (Å²) in [6, 6.07) is 7.13. The fourth-order valence-corrected chi connectivity index (χ4v) is 1.50. The van der Waals surface area contributed by atoms with Crippen molar-refractivity contribution in [3.05, 3.63) is 29.8 Å². The summed E-state index contributed by atoms with van der Waals surface area (Å²) < 4.78 is 0. The van der Waals surface area contributed by atoms with Crippen LogP contribution in [0.1, 0.15) is 23.2 Å². The van der Waals surface area contributed by atoms with Crippen LogP contribution in [0.5, 0.6) is 0 Å². The van der Waals surface area contributed by atoms with E-state index in [9.17, 15) is 9.59 Å². The standard InChI is InChI=1S/C12H13ClN2O2/c13-7-11(16)14-10-3-1-2-8(6-10)12(17)15-9-4-5-9/h1-3,6,9H,4-5,7H2,(H,14,16)(H,15,17). The van der Waals surface area contributed by atoms with E-state index < -0.39 is 0 Å². The summed E-state index contributed by atoms with van der Waals surface area (Å²) in [6.45, 7) is 0. The zero-order valence-corrected chi connectivity index (χ0v) is 9.96. The largest absolute Gasteiger partial charge is 0.349 e. The number of benzene rings is 1. The Kier molecular flexibility index (Phi) is 3.64. The number of anilines is 1. The second kappa shape index (κ2) is 5.19. The highest BCUT2D eigenvalue weighted by atomic mass is 35.5. The summed E-state index contributed by atoms with van der Waals surface area (Å²) >= 11 is 5.39. The molecule has 4 nitrogen and oxygen atoms in total. The molecule has 0 atom stereocenters. The third-order valence-electron chi connectivity index (χ3n) is 2.44. The maximum absolute atomic E-state index is 11.8. The molecule has 17 heavy (non-hydrogen) atoms. The average Bonchev–Trinajstić information content (AvgIpc) is 3.13. The number of halogens is 1. The lowest BCUT2D eigenvalue weighted by Crippen LogP contribution is -2.25. The first-order chi connectivity index (χ1) is 8.19. The fourth-order valence-electron chi connectivity index (χ4n) is 1.43. The van der Waals surface area contributed by atoms with Crippen molar-refractivity contribution in [1.82, 2.24) is 5.32 Å². The quantitative estimate of drug-likeness (QED) is 0.803. The molecule has 0 radical (unpaired) electrons. The molecule has 0 bridgehead atoms. The van der Waals surface area contributed by atoms with Crippen LogP contribution in [0.3, 0.4) is 0 Å². The number of nitrogens with one attached hydrogen (secondary N) is 2. The lowest BCUT2D eigenvalue weighted by atomic mass is 10.2. The minimum absolute atomic E-state index is 0.0987. The third-order valence-corrected chi connectivity index (χ3v) is 2.69. The molecule has 2 N–H and O–H groups in total. The highest BCUT2D eigenvalue weighted by Gasteiger charge is 2.23. The van der Waals surface area contributed by atoms with Crippen molar-refractivity contribution in [2.24, 2.45) is 0 Å². The number of hydrogen-bond acceptors (Lipinski definition) is 2. The third kappa shape index (κ3) is 3.46. The first-order valence-electron chi connectivity index (χ1n) is 5.46. The topological polar surface area (TPSA) is 58.2 Å². The Hall–Kier alpha value is -1.55. The molecule has 1 aliphatic rings. The van der Waals surface area contributed by atoms with Gasteiger partial charge in [0.1, 0.15) is 5.88 Å². The molecule has 5 heteroatoms. The van der Waals surface area contributed by atoms with Crippen molar-refractivity contribution in [1.29, 1.82) is 0 Å². The van der Waals surface area contributed by atoms with Crippen LogP contribution in [-0.2, 0) is 4.79 Å². The number of alkyl halides is 1. The van der Waals surface area contributed by atoms with Crippen LogP contribution in [0, 0.1) is 0 Å². The van der Waals surface area contributed by atoms with E-state index in [0.717, 1.165) is 12.8 Å². The molecule has 1 aromatic carbocycles. The molecule has 2 rings (SSSR count). The van der Waals surface area contributed by atoms with Crippen molar-refractivity contribution in [2.45, 2.75) is 18.9 Å². The number of hydrogen-bond donors (Lipinski definition) is 2. The molecule has 2 amide bonds. The van der Waals surface area contributed by atoms with Crippen LogP contribution in [-0.4, -0.2) is 23.7 Å². The van der Waals surface area contributed by atoms with Gasteiger partial charge in [-0.25, -0.2) is 0 Å². The lowest BCUT2D eigenvalue weighted by Gasteiger charge is -2.06. The van der Waals surface area contributed by atoms with Crippen molar-refractivity contribution >= 4 is 29.1 Å². The maximum atomic E-state index is 11.8. The molecule has 1 saturated carbocycles. The van der Waals surface area contributed by atoms with E-state index in [-0.39, 0.29) is 17.7 Å². The van der Waals surface area contributed by atoms with E-state index in [2.05, 4.69) is 10.6 Å². The Bertz CT molecular complexity index is 444. The summed E-state index contributed by atoms with van der Waals surface area (Å²) in [5, 5.41) is 5.49. The zero-order valence-electron chi connectivity index (χ0n) is 9.20. The summed E-state index contributed by atoms with van der Waals surface area (Å²) in [5.74, 6) is -0.487. The van der Waals surface area contributed by atoms with E-state index in [4.69, 9.17) is 11.6 Å². The molecule has 0 heterocycles. The minimum atomic E-state index is -0.286. The molecular weight excluding hydrogens is 240 g/mol. The van der Waals surface area contributed by atoms with Crippen molar-refractivity contribution < 1.29 is 9.59 Å². The number of amides is 2. The molecule has 90 valence electrons. The molecule has 0 aromatic heterocycles. The van der Waals surface area contributed by atoms with Crippen LogP contribution in [0.4, 0.5) is 5.69 Å². The SMILES string of the molecule is O=C(CCl)Nc1cccc(C(=O)NC2CC2)c1. The Balaban J connectivity index is 2.04.